The number of phenols is 1. The number of anilines is 1. The van der Waals surface area contributed by atoms with E-state index >= 15 is 0 Å². The number of rotatable bonds is 5. The summed E-state index contributed by atoms with van der Waals surface area (Å²) in [5, 5.41) is 15.2. The maximum Gasteiger partial charge on any atom is 0.271 e. The maximum atomic E-state index is 13.5. The van der Waals surface area contributed by atoms with Crippen LogP contribution in [0.2, 0.25) is 0 Å². The molecule has 0 atom stereocenters. The van der Waals surface area contributed by atoms with Gasteiger partial charge in [-0.3, -0.25) is 9.59 Å². The van der Waals surface area contributed by atoms with Crippen LogP contribution in [0.1, 0.15) is 23.7 Å². The van der Waals surface area contributed by atoms with Crippen LogP contribution in [-0.2, 0) is 4.79 Å². The van der Waals surface area contributed by atoms with E-state index in [1.54, 1.807) is 0 Å². The Balaban J connectivity index is 1.90. The summed E-state index contributed by atoms with van der Waals surface area (Å²) in [4.78, 5) is 23.6. The lowest BCUT2D eigenvalue weighted by molar-refractivity contribution is -0.115. The Morgan fingerprint density at radius 2 is 1.80 bits per heavy atom. The van der Waals surface area contributed by atoms with Gasteiger partial charge in [-0.25, -0.2) is 14.2 Å². The Kier molecular flexibility index (Phi) is 5.78. The molecule has 0 heterocycles. The first kappa shape index (κ1) is 18.1. The molecule has 2 aromatic rings. The normalized spacial score (nSPS) is 11.1. The van der Waals surface area contributed by atoms with Crippen LogP contribution < -0.4 is 10.7 Å². The molecule has 0 saturated heterocycles. The first-order valence-corrected chi connectivity index (χ1v) is 7.22. The number of hydrazone groups is 1. The highest BCUT2D eigenvalue weighted by atomic mass is 19.1. The molecular formula is C17H15F2N3O3. The standard InChI is InChI=1S/C17H15F2N3O3/c1-10(21-22-17(25)11-2-5-13(23)6-3-11)8-16(24)20-15-7-4-12(18)9-14(15)19/h2-7,9,23H,8H2,1H3,(H,20,24)(H,22,25)/b21-10-. The van der Waals surface area contributed by atoms with Gasteiger partial charge in [-0.2, -0.15) is 5.10 Å². The molecule has 2 amide bonds. The molecule has 0 aliphatic rings. The summed E-state index contributed by atoms with van der Waals surface area (Å²) in [5.41, 5.74) is 2.69. The minimum atomic E-state index is -0.886. The number of nitrogens with one attached hydrogen (secondary N) is 2. The average molecular weight is 347 g/mol. The third-order valence-electron chi connectivity index (χ3n) is 3.10. The van der Waals surface area contributed by atoms with Gasteiger partial charge in [0.05, 0.1) is 12.1 Å². The zero-order valence-corrected chi connectivity index (χ0v) is 13.2. The Morgan fingerprint density at radius 1 is 1.12 bits per heavy atom. The highest BCUT2D eigenvalue weighted by molar-refractivity contribution is 6.06. The predicted molar refractivity (Wildman–Crippen MR) is 88.3 cm³/mol. The second-order valence-electron chi connectivity index (χ2n) is 5.18. The van der Waals surface area contributed by atoms with E-state index in [-0.39, 0.29) is 29.1 Å². The highest BCUT2D eigenvalue weighted by Gasteiger charge is 2.10. The van der Waals surface area contributed by atoms with Crippen LogP contribution in [0, 0.1) is 11.6 Å². The Morgan fingerprint density at radius 3 is 2.44 bits per heavy atom. The van der Waals surface area contributed by atoms with E-state index in [0.29, 0.717) is 6.07 Å². The smallest absolute Gasteiger partial charge is 0.271 e. The number of carbonyl (C=O) groups is 2. The summed E-state index contributed by atoms with van der Waals surface area (Å²) in [6.07, 6.45) is -0.188. The number of hydrogen-bond donors (Lipinski definition) is 3. The van der Waals surface area contributed by atoms with Gasteiger partial charge in [0.1, 0.15) is 17.4 Å². The molecule has 0 spiro atoms. The van der Waals surface area contributed by atoms with Gasteiger partial charge in [0, 0.05) is 17.3 Å². The van der Waals surface area contributed by atoms with Crippen molar-refractivity contribution in [2.24, 2.45) is 5.10 Å². The van der Waals surface area contributed by atoms with E-state index in [4.69, 9.17) is 5.11 Å². The van der Waals surface area contributed by atoms with Gasteiger partial charge in [-0.15, -0.1) is 0 Å². The van der Waals surface area contributed by atoms with Crippen molar-refractivity contribution in [2.45, 2.75) is 13.3 Å². The van der Waals surface area contributed by atoms with E-state index < -0.39 is 23.4 Å². The fourth-order valence-electron chi connectivity index (χ4n) is 1.88. The van der Waals surface area contributed by atoms with Gasteiger partial charge < -0.3 is 10.4 Å². The fourth-order valence-corrected chi connectivity index (χ4v) is 1.88. The third-order valence-corrected chi connectivity index (χ3v) is 3.10. The van der Waals surface area contributed by atoms with Gasteiger partial charge >= 0.3 is 0 Å². The number of amides is 2. The zero-order chi connectivity index (χ0) is 18.4. The van der Waals surface area contributed by atoms with Crippen LogP contribution >= 0.6 is 0 Å². The summed E-state index contributed by atoms with van der Waals surface area (Å²) in [6, 6.07) is 8.35. The maximum absolute atomic E-state index is 13.5. The van der Waals surface area contributed by atoms with E-state index in [0.717, 1.165) is 12.1 Å². The molecule has 0 radical (unpaired) electrons. The van der Waals surface area contributed by atoms with Gasteiger partial charge in [0.15, 0.2) is 0 Å². The summed E-state index contributed by atoms with van der Waals surface area (Å²) >= 11 is 0. The first-order chi connectivity index (χ1) is 11.8. The van der Waals surface area contributed by atoms with Crippen LogP contribution in [0.15, 0.2) is 47.6 Å². The SMILES string of the molecule is C/C(CC(=O)Nc1ccc(F)cc1F)=N/NC(=O)c1ccc(O)cc1. The van der Waals surface area contributed by atoms with Crippen LogP contribution in [0.25, 0.3) is 0 Å². The second kappa shape index (κ2) is 8.00. The number of nitrogens with zero attached hydrogens (tertiary/aromatic N) is 1. The largest absolute Gasteiger partial charge is 0.508 e. The molecule has 0 saturated carbocycles. The van der Waals surface area contributed by atoms with Crippen molar-refractivity contribution >= 4 is 23.2 Å². The lowest BCUT2D eigenvalue weighted by Crippen LogP contribution is -2.21. The van der Waals surface area contributed by atoms with Crippen molar-refractivity contribution in [3.63, 3.8) is 0 Å². The minimum Gasteiger partial charge on any atom is -0.508 e. The van der Waals surface area contributed by atoms with Crippen LogP contribution in [0.3, 0.4) is 0 Å². The monoisotopic (exact) mass is 347 g/mol. The molecule has 130 valence electrons. The molecule has 0 aliphatic carbocycles. The number of aromatic hydroxyl groups is 1. The molecule has 2 rings (SSSR count). The predicted octanol–water partition coefficient (Wildman–Crippen LogP) is 2.80. The van der Waals surface area contributed by atoms with E-state index in [2.05, 4.69) is 15.8 Å². The number of halogens is 2. The van der Waals surface area contributed by atoms with Crippen molar-refractivity contribution in [3.8, 4) is 5.75 Å². The Hall–Kier alpha value is -3.29. The van der Waals surface area contributed by atoms with Crippen molar-refractivity contribution in [1.29, 1.82) is 0 Å². The Labute approximate surface area is 142 Å². The Bertz CT molecular complexity index is 820. The molecule has 2 aromatic carbocycles. The summed E-state index contributed by atoms with van der Waals surface area (Å²) in [6.45, 7) is 1.51. The molecule has 0 aliphatic heterocycles. The van der Waals surface area contributed by atoms with Gasteiger partial charge in [0.2, 0.25) is 5.91 Å². The first-order valence-electron chi connectivity index (χ1n) is 7.22. The minimum absolute atomic E-state index is 0.0286. The van der Waals surface area contributed by atoms with Crippen molar-refractivity contribution in [2.75, 3.05) is 5.32 Å². The van der Waals surface area contributed by atoms with Crippen molar-refractivity contribution in [1.82, 2.24) is 5.43 Å². The van der Waals surface area contributed by atoms with Crippen LogP contribution in [0.5, 0.6) is 5.75 Å². The number of benzene rings is 2. The van der Waals surface area contributed by atoms with Gasteiger partial charge in [-0.05, 0) is 43.3 Å². The topological polar surface area (TPSA) is 90.8 Å². The van der Waals surface area contributed by atoms with E-state index in [1.165, 1.54) is 31.2 Å². The molecule has 25 heavy (non-hydrogen) atoms. The molecule has 8 heteroatoms. The molecule has 0 unspecified atom stereocenters. The average Bonchev–Trinajstić information content (AvgIpc) is 2.56. The van der Waals surface area contributed by atoms with Gasteiger partial charge in [0.25, 0.3) is 5.91 Å². The molecule has 0 aromatic heterocycles. The fraction of sp³-hybridized carbons (Fsp3) is 0.118. The van der Waals surface area contributed by atoms with Crippen LogP contribution in [0.4, 0.5) is 14.5 Å². The highest BCUT2D eigenvalue weighted by Crippen LogP contribution is 2.15. The molecular weight excluding hydrogens is 332 g/mol. The quantitative estimate of drug-likeness (QED) is 0.574. The van der Waals surface area contributed by atoms with Crippen LogP contribution in [-0.4, -0.2) is 22.6 Å². The summed E-state index contributed by atoms with van der Waals surface area (Å²) < 4.78 is 26.3. The zero-order valence-electron chi connectivity index (χ0n) is 13.2. The third kappa shape index (κ3) is 5.38. The number of phenolic OH excluding ortho intramolecular Hbond substituents is 1. The van der Waals surface area contributed by atoms with Gasteiger partial charge in [-0.1, -0.05) is 0 Å². The summed E-state index contributed by atoms with van der Waals surface area (Å²) in [7, 11) is 0. The second-order valence-corrected chi connectivity index (χ2v) is 5.18. The lowest BCUT2D eigenvalue weighted by Gasteiger charge is -2.06. The number of carbonyl (C=O) groups excluding carboxylic acids is 2. The number of hydrogen-bond acceptors (Lipinski definition) is 4. The molecule has 3 N–H and O–H groups in total. The molecule has 6 nitrogen and oxygen atoms in total. The van der Waals surface area contributed by atoms with Crippen molar-refractivity contribution < 1.29 is 23.5 Å². The van der Waals surface area contributed by atoms with E-state index in [9.17, 15) is 18.4 Å². The van der Waals surface area contributed by atoms with Crippen molar-refractivity contribution in [3.05, 3.63) is 59.7 Å². The van der Waals surface area contributed by atoms with E-state index in [1.807, 2.05) is 0 Å². The molecule has 0 bridgehead atoms. The molecule has 0 fully saturated rings. The summed E-state index contributed by atoms with van der Waals surface area (Å²) in [5.74, 6) is -2.68. The lowest BCUT2D eigenvalue weighted by atomic mass is 10.2.